The normalized spacial score (nSPS) is 22.7. The molecule has 2 aromatic rings. The largest absolute Gasteiger partial charge is 0.382 e. The van der Waals surface area contributed by atoms with E-state index in [4.69, 9.17) is 0 Å². The molecule has 1 saturated carbocycles. The summed E-state index contributed by atoms with van der Waals surface area (Å²) >= 11 is 1.82. The highest BCUT2D eigenvalue weighted by molar-refractivity contribution is 7.13. The molecule has 0 radical (unpaired) electrons. The maximum atomic E-state index is 3.83. The highest BCUT2D eigenvalue weighted by Gasteiger charge is 2.18. The fourth-order valence-electron chi connectivity index (χ4n) is 3.41. The molecule has 1 fully saturated rings. The number of para-hydroxylation sites is 1. The van der Waals surface area contributed by atoms with Crippen LogP contribution in [-0.4, -0.2) is 6.04 Å². The van der Waals surface area contributed by atoms with E-state index in [0.717, 1.165) is 5.92 Å². The molecule has 112 valence electrons. The van der Waals surface area contributed by atoms with Crippen LogP contribution in [0, 0.1) is 5.92 Å². The van der Waals surface area contributed by atoms with Gasteiger partial charge in [0.2, 0.25) is 0 Å². The van der Waals surface area contributed by atoms with Gasteiger partial charge in [-0.3, -0.25) is 0 Å². The van der Waals surface area contributed by atoms with E-state index >= 15 is 0 Å². The van der Waals surface area contributed by atoms with Crippen LogP contribution in [0.2, 0.25) is 0 Å². The SMILES string of the molecule is CCC1CCCC(Nc2ccccc2-c2cccs2)CC1. The minimum absolute atomic E-state index is 0.641. The molecule has 0 bridgehead atoms. The zero-order valence-corrected chi connectivity index (χ0v) is 13.7. The summed E-state index contributed by atoms with van der Waals surface area (Å²) in [5.74, 6) is 0.948. The van der Waals surface area contributed by atoms with E-state index in [1.165, 1.54) is 54.7 Å². The average molecular weight is 299 g/mol. The Hall–Kier alpha value is -1.28. The van der Waals surface area contributed by atoms with Gasteiger partial charge in [0, 0.05) is 22.2 Å². The Balaban J connectivity index is 1.73. The second-order valence-electron chi connectivity index (χ2n) is 6.15. The topological polar surface area (TPSA) is 12.0 Å². The molecule has 2 heteroatoms. The van der Waals surface area contributed by atoms with E-state index in [2.05, 4.69) is 54.0 Å². The lowest BCUT2D eigenvalue weighted by molar-refractivity contribution is 0.444. The third kappa shape index (κ3) is 3.68. The van der Waals surface area contributed by atoms with Gasteiger partial charge in [-0.05, 0) is 42.7 Å². The van der Waals surface area contributed by atoms with Crippen LogP contribution in [-0.2, 0) is 0 Å². The lowest BCUT2D eigenvalue weighted by Crippen LogP contribution is -2.18. The molecular formula is C19H25NS. The maximum absolute atomic E-state index is 3.83. The van der Waals surface area contributed by atoms with Crippen molar-refractivity contribution in [2.45, 2.75) is 51.5 Å². The summed E-state index contributed by atoms with van der Waals surface area (Å²) in [5, 5.41) is 5.99. The number of nitrogens with one attached hydrogen (secondary N) is 1. The van der Waals surface area contributed by atoms with Crippen molar-refractivity contribution in [3.8, 4) is 10.4 Å². The Labute approximate surface area is 132 Å². The Kier molecular flexibility index (Phi) is 4.97. The minimum Gasteiger partial charge on any atom is -0.382 e. The average Bonchev–Trinajstić information content (AvgIpc) is 2.95. The summed E-state index contributed by atoms with van der Waals surface area (Å²) in [7, 11) is 0. The molecule has 1 aromatic heterocycles. The number of anilines is 1. The molecule has 1 nitrogen and oxygen atoms in total. The van der Waals surface area contributed by atoms with Crippen LogP contribution in [0.25, 0.3) is 10.4 Å². The second kappa shape index (κ2) is 7.13. The third-order valence-electron chi connectivity index (χ3n) is 4.74. The van der Waals surface area contributed by atoms with Gasteiger partial charge in [-0.1, -0.05) is 50.5 Å². The van der Waals surface area contributed by atoms with Crippen molar-refractivity contribution in [2.75, 3.05) is 5.32 Å². The minimum atomic E-state index is 0.641. The summed E-state index contributed by atoms with van der Waals surface area (Å²) in [6.07, 6.45) is 8.15. The zero-order chi connectivity index (χ0) is 14.5. The van der Waals surface area contributed by atoms with Crippen LogP contribution >= 0.6 is 11.3 Å². The van der Waals surface area contributed by atoms with E-state index in [1.807, 2.05) is 11.3 Å². The fraction of sp³-hybridized carbons (Fsp3) is 0.474. The quantitative estimate of drug-likeness (QED) is 0.664. The van der Waals surface area contributed by atoms with E-state index in [9.17, 15) is 0 Å². The lowest BCUT2D eigenvalue weighted by Gasteiger charge is -2.20. The third-order valence-corrected chi connectivity index (χ3v) is 5.64. The predicted molar refractivity (Wildman–Crippen MR) is 94.0 cm³/mol. The van der Waals surface area contributed by atoms with Crippen LogP contribution in [0.5, 0.6) is 0 Å². The monoisotopic (exact) mass is 299 g/mol. The molecule has 0 amide bonds. The van der Waals surface area contributed by atoms with Crippen molar-refractivity contribution < 1.29 is 0 Å². The number of hydrogen-bond donors (Lipinski definition) is 1. The molecule has 21 heavy (non-hydrogen) atoms. The molecule has 2 unspecified atom stereocenters. The Morgan fingerprint density at radius 3 is 2.76 bits per heavy atom. The summed E-state index contributed by atoms with van der Waals surface area (Å²) in [5.41, 5.74) is 2.66. The van der Waals surface area contributed by atoms with Crippen molar-refractivity contribution in [1.29, 1.82) is 0 Å². The Morgan fingerprint density at radius 2 is 1.95 bits per heavy atom. The van der Waals surface area contributed by atoms with Gasteiger partial charge in [-0.25, -0.2) is 0 Å². The molecular weight excluding hydrogens is 274 g/mol. The summed E-state index contributed by atoms with van der Waals surface area (Å²) in [6, 6.07) is 13.7. The van der Waals surface area contributed by atoms with Gasteiger partial charge >= 0.3 is 0 Å². The zero-order valence-electron chi connectivity index (χ0n) is 12.8. The Bertz CT molecular complexity index is 546. The second-order valence-corrected chi connectivity index (χ2v) is 7.09. The first kappa shape index (κ1) is 14.6. The van der Waals surface area contributed by atoms with Gasteiger partial charge in [0.15, 0.2) is 0 Å². The molecule has 0 spiro atoms. The standard InChI is InChI=1S/C19H25NS/c1-2-15-7-5-8-16(13-12-15)20-18-10-4-3-9-17(18)19-11-6-14-21-19/h3-4,6,9-11,14-16,20H,2,5,7-8,12-13H2,1H3. The van der Waals surface area contributed by atoms with Gasteiger partial charge in [0.05, 0.1) is 0 Å². The molecule has 1 aromatic carbocycles. The summed E-state index contributed by atoms with van der Waals surface area (Å²) < 4.78 is 0. The van der Waals surface area contributed by atoms with Gasteiger partial charge in [0.1, 0.15) is 0 Å². The van der Waals surface area contributed by atoms with E-state index < -0.39 is 0 Å². The molecule has 2 atom stereocenters. The van der Waals surface area contributed by atoms with E-state index in [1.54, 1.807) is 0 Å². The number of benzene rings is 1. The van der Waals surface area contributed by atoms with Crippen LogP contribution in [0.1, 0.15) is 45.4 Å². The first-order chi connectivity index (χ1) is 10.4. The van der Waals surface area contributed by atoms with Crippen LogP contribution < -0.4 is 5.32 Å². The molecule has 0 aliphatic heterocycles. The summed E-state index contributed by atoms with van der Waals surface area (Å²) in [6.45, 7) is 2.34. The smallest absolute Gasteiger partial charge is 0.0430 e. The highest BCUT2D eigenvalue weighted by atomic mass is 32.1. The van der Waals surface area contributed by atoms with Crippen molar-refractivity contribution in [3.05, 3.63) is 41.8 Å². The van der Waals surface area contributed by atoms with Gasteiger partial charge < -0.3 is 5.32 Å². The lowest BCUT2D eigenvalue weighted by atomic mass is 9.98. The molecule has 1 N–H and O–H groups in total. The van der Waals surface area contributed by atoms with Crippen molar-refractivity contribution in [1.82, 2.24) is 0 Å². The van der Waals surface area contributed by atoms with E-state index in [0.29, 0.717) is 6.04 Å². The maximum Gasteiger partial charge on any atom is 0.0430 e. The molecule has 3 rings (SSSR count). The predicted octanol–water partition coefficient (Wildman–Crippen LogP) is 6.19. The number of thiophene rings is 1. The Morgan fingerprint density at radius 1 is 1.05 bits per heavy atom. The molecule has 0 saturated heterocycles. The molecule has 1 heterocycles. The van der Waals surface area contributed by atoms with Crippen LogP contribution in [0.15, 0.2) is 41.8 Å². The fourth-order valence-corrected chi connectivity index (χ4v) is 4.17. The van der Waals surface area contributed by atoms with Crippen LogP contribution in [0.4, 0.5) is 5.69 Å². The summed E-state index contributed by atoms with van der Waals surface area (Å²) in [4.78, 5) is 1.36. The van der Waals surface area contributed by atoms with E-state index in [-0.39, 0.29) is 0 Å². The first-order valence-electron chi connectivity index (χ1n) is 8.26. The number of hydrogen-bond acceptors (Lipinski definition) is 2. The molecule has 1 aliphatic carbocycles. The number of rotatable bonds is 4. The molecule has 1 aliphatic rings. The van der Waals surface area contributed by atoms with Crippen molar-refractivity contribution in [3.63, 3.8) is 0 Å². The van der Waals surface area contributed by atoms with Crippen LogP contribution in [0.3, 0.4) is 0 Å². The van der Waals surface area contributed by atoms with Crippen molar-refractivity contribution >= 4 is 17.0 Å². The van der Waals surface area contributed by atoms with Gasteiger partial charge in [0.25, 0.3) is 0 Å². The van der Waals surface area contributed by atoms with Gasteiger partial charge in [-0.15, -0.1) is 11.3 Å². The highest BCUT2D eigenvalue weighted by Crippen LogP contribution is 2.33. The van der Waals surface area contributed by atoms with Crippen molar-refractivity contribution in [2.24, 2.45) is 5.92 Å². The first-order valence-corrected chi connectivity index (χ1v) is 9.14. The van der Waals surface area contributed by atoms with Gasteiger partial charge in [-0.2, -0.15) is 0 Å².